The summed E-state index contributed by atoms with van der Waals surface area (Å²) in [6.45, 7) is 5.76. The Bertz CT molecular complexity index is 996. The Kier molecular flexibility index (Phi) is 8.21. The molecule has 0 bridgehead atoms. The van der Waals surface area contributed by atoms with E-state index in [-0.39, 0.29) is 17.3 Å². The van der Waals surface area contributed by atoms with Gasteiger partial charge in [-0.3, -0.25) is 9.69 Å². The molecule has 0 saturated carbocycles. The summed E-state index contributed by atoms with van der Waals surface area (Å²) in [6.07, 6.45) is 4.81. The van der Waals surface area contributed by atoms with Crippen molar-refractivity contribution >= 4 is 33.0 Å². The second-order valence-electron chi connectivity index (χ2n) is 8.11. The lowest BCUT2D eigenvalue weighted by Crippen LogP contribution is -2.32. The molecule has 1 N–H and O–H groups in total. The Balaban J connectivity index is 1.65. The molecule has 1 amide bonds. The minimum atomic E-state index is -3.57. The van der Waals surface area contributed by atoms with Gasteiger partial charge in [-0.05, 0) is 50.9 Å². The molecule has 1 saturated heterocycles. The van der Waals surface area contributed by atoms with E-state index in [9.17, 15) is 13.2 Å². The Hall–Kier alpha value is -1.81. The minimum absolute atomic E-state index is 0.185. The van der Waals surface area contributed by atoms with E-state index in [1.807, 2.05) is 17.3 Å². The number of likely N-dealkylation sites (N-methyl/N-ethyl adjacent to an activating group) is 1. The summed E-state index contributed by atoms with van der Waals surface area (Å²) < 4.78 is 28.0. The zero-order chi connectivity index (χ0) is 22.4. The first-order valence-electron chi connectivity index (χ1n) is 10.8. The van der Waals surface area contributed by atoms with Crippen molar-refractivity contribution in [3.63, 3.8) is 0 Å². The highest BCUT2D eigenvalue weighted by Crippen LogP contribution is 2.26. The molecule has 1 aromatic carbocycles. The van der Waals surface area contributed by atoms with Crippen LogP contribution < -0.4 is 5.32 Å². The number of carbonyl (C=O) groups excluding carboxylic acids is 1. The lowest BCUT2D eigenvalue weighted by atomic mass is 10.2. The quantitative estimate of drug-likeness (QED) is 0.645. The zero-order valence-electron chi connectivity index (χ0n) is 18.6. The van der Waals surface area contributed by atoms with Crippen LogP contribution >= 0.6 is 11.3 Å². The van der Waals surface area contributed by atoms with Crippen LogP contribution in [-0.2, 0) is 27.8 Å². The second-order valence-corrected chi connectivity index (χ2v) is 11.0. The summed E-state index contributed by atoms with van der Waals surface area (Å²) >= 11 is 1.63. The van der Waals surface area contributed by atoms with Crippen LogP contribution in [0.3, 0.4) is 0 Å². The van der Waals surface area contributed by atoms with E-state index in [0.29, 0.717) is 30.9 Å². The van der Waals surface area contributed by atoms with E-state index < -0.39 is 10.0 Å². The normalized spacial score (nSPS) is 15.7. The van der Waals surface area contributed by atoms with Crippen molar-refractivity contribution in [1.29, 1.82) is 0 Å². The molecule has 0 unspecified atom stereocenters. The zero-order valence-corrected chi connectivity index (χ0v) is 20.2. The van der Waals surface area contributed by atoms with Gasteiger partial charge in [0.1, 0.15) is 0 Å². The lowest BCUT2D eigenvalue weighted by molar-refractivity contribution is -0.117. The standard InChI is InChI=1S/C22H32N4O3S2/c1-4-22-24-19(16-30-22)14-25(3)15-21(27)23-18-10-9-17(2)20(13-18)31(28,29)26-11-7-5-6-8-12-26/h9-10,13,16H,4-8,11-12,14-15H2,1-3H3,(H,23,27). The maximum absolute atomic E-state index is 13.2. The maximum Gasteiger partial charge on any atom is 0.243 e. The van der Waals surface area contributed by atoms with Crippen molar-refractivity contribution in [2.24, 2.45) is 0 Å². The van der Waals surface area contributed by atoms with Gasteiger partial charge in [0, 0.05) is 30.7 Å². The number of rotatable bonds is 8. The van der Waals surface area contributed by atoms with Crippen LogP contribution in [0.2, 0.25) is 0 Å². The van der Waals surface area contributed by atoms with Crippen LogP contribution in [0.1, 0.15) is 48.9 Å². The SMILES string of the molecule is CCc1nc(CN(C)CC(=O)Nc2ccc(C)c(S(=O)(=O)N3CCCCCC3)c2)cs1. The topological polar surface area (TPSA) is 82.6 Å². The lowest BCUT2D eigenvalue weighted by Gasteiger charge is -2.22. The highest BCUT2D eigenvalue weighted by molar-refractivity contribution is 7.89. The molecular formula is C22H32N4O3S2. The van der Waals surface area contributed by atoms with Crippen LogP contribution in [0, 0.1) is 6.92 Å². The monoisotopic (exact) mass is 464 g/mol. The van der Waals surface area contributed by atoms with E-state index in [2.05, 4.69) is 17.2 Å². The fourth-order valence-corrected chi connectivity index (χ4v) is 6.24. The number of sulfonamides is 1. The van der Waals surface area contributed by atoms with Gasteiger partial charge in [-0.1, -0.05) is 25.8 Å². The number of thiazole rings is 1. The first-order valence-corrected chi connectivity index (χ1v) is 13.1. The van der Waals surface area contributed by atoms with Crippen molar-refractivity contribution in [3.05, 3.63) is 39.8 Å². The number of anilines is 1. The molecule has 9 heteroatoms. The van der Waals surface area contributed by atoms with Gasteiger partial charge in [-0.2, -0.15) is 4.31 Å². The first kappa shape index (κ1) is 23.8. The van der Waals surface area contributed by atoms with E-state index in [4.69, 9.17) is 0 Å². The summed E-state index contributed by atoms with van der Waals surface area (Å²) in [5.74, 6) is -0.185. The molecule has 1 aliphatic heterocycles. The van der Waals surface area contributed by atoms with Crippen molar-refractivity contribution < 1.29 is 13.2 Å². The predicted octanol–water partition coefficient (Wildman–Crippen LogP) is 3.65. The van der Waals surface area contributed by atoms with E-state index in [1.54, 1.807) is 40.8 Å². The molecule has 31 heavy (non-hydrogen) atoms. The molecule has 1 aliphatic rings. The van der Waals surface area contributed by atoms with Crippen LogP contribution in [0.15, 0.2) is 28.5 Å². The Morgan fingerprint density at radius 3 is 2.58 bits per heavy atom. The summed E-state index contributed by atoms with van der Waals surface area (Å²) in [5.41, 5.74) is 2.15. The van der Waals surface area contributed by atoms with E-state index in [1.165, 1.54) is 0 Å². The van der Waals surface area contributed by atoms with E-state index in [0.717, 1.165) is 42.8 Å². The summed E-state index contributed by atoms with van der Waals surface area (Å²) in [6, 6.07) is 5.09. The Labute approximate surface area is 189 Å². The van der Waals surface area contributed by atoms with Gasteiger partial charge >= 0.3 is 0 Å². The molecule has 0 aliphatic carbocycles. The number of hydrogen-bond donors (Lipinski definition) is 1. The maximum atomic E-state index is 13.2. The summed E-state index contributed by atoms with van der Waals surface area (Å²) in [5, 5.41) is 5.96. The van der Waals surface area contributed by atoms with Crippen molar-refractivity contribution in [1.82, 2.24) is 14.2 Å². The van der Waals surface area contributed by atoms with Crippen molar-refractivity contribution in [2.45, 2.75) is 57.4 Å². The van der Waals surface area contributed by atoms with Gasteiger partial charge in [-0.25, -0.2) is 13.4 Å². The molecule has 1 fully saturated rings. The fourth-order valence-electron chi connectivity index (χ4n) is 3.74. The molecule has 2 aromatic rings. The number of nitrogens with one attached hydrogen (secondary N) is 1. The molecule has 7 nitrogen and oxygen atoms in total. The molecular weight excluding hydrogens is 432 g/mol. The number of nitrogens with zero attached hydrogens (tertiary/aromatic N) is 3. The number of aromatic nitrogens is 1. The van der Waals surface area contributed by atoms with Crippen LogP contribution in [0.25, 0.3) is 0 Å². The molecule has 0 radical (unpaired) electrons. The number of amides is 1. The van der Waals surface area contributed by atoms with Gasteiger partial charge in [0.25, 0.3) is 0 Å². The molecule has 170 valence electrons. The summed E-state index contributed by atoms with van der Waals surface area (Å²) in [7, 11) is -1.70. The van der Waals surface area contributed by atoms with Gasteiger partial charge in [0.05, 0.1) is 22.1 Å². The minimum Gasteiger partial charge on any atom is -0.325 e. The van der Waals surface area contributed by atoms with Gasteiger partial charge in [0.15, 0.2) is 0 Å². The largest absolute Gasteiger partial charge is 0.325 e. The van der Waals surface area contributed by atoms with Crippen molar-refractivity contribution in [2.75, 3.05) is 32.0 Å². The predicted molar refractivity (Wildman–Crippen MR) is 125 cm³/mol. The van der Waals surface area contributed by atoms with Crippen LogP contribution in [0.5, 0.6) is 0 Å². The molecule has 0 spiro atoms. The Morgan fingerprint density at radius 2 is 1.94 bits per heavy atom. The van der Waals surface area contributed by atoms with Crippen LogP contribution in [-0.4, -0.2) is 55.2 Å². The molecule has 2 heterocycles. The molecule has 0 atom stereocenters. The molecule has 1 aromatic heterocycles. The Morgan fingerprint density at radius 1 is 1.23 bits per heavy atom. The highest BCUT2D eigenvalue weighted by atomic mass is 32.2. The third kappa shape index (κ3) is 6.35. The fraction of sp³-hybridized carbons (Fsp3) is 0.545. The van der Waals surface area contributed by atoms with Gasteiger partial charge < -0.3 is 5.32 Å². The van der Waals surface area contributed by atoms with Crippen molar-refractivity contribution in [3.8, 4) is 0 Å². The first-order chi connectivity index (χ1) is 14.8. The molecule has 3 rings (SSSR count). The number of hydrogen-bond acceptors (Lipinski definition) is 6. The van der Waals surface area contributed by atoms with Gasteiger partial charge in [0.2, 0.25) is 15.9 Å². The third-order valence-electron chi connectivity index (χ3n) is 5.40. The second kappa shape index (κ2) is 10.7. The highest BCUT2D eigenvalue weighted by Gasteiger charge is 2.27. The third-order valence-corrected chi connectivity index (χ3v) is 8.48. The number of benzene rings is 1. The number of carbonyl (C=O) groups is 1. The summed E-state index contributed by atoms with van der Waals surface area (Å²) in [4.78, 5) is 19.2. The smallest absolute Gasteiger partial charge is 0.243 e. The van der Waals surface area contributed by atoms with E-state index >= 15 is 0 Å². The average Bonchev–Trinajstić information content (AvgIpc) is 2.98. The van der Waals surface area contributed by atoms with Crippen LogP contribution in [0.4, 0.5) is 5.69 Å². The average molecular weight is 465 g/mol. The number of aryl methyl sites for hydroxylation is 2. The van der Waals surface area contributed by atoms with Gasteiger partial charge in [-0.15, -0.1) is 11.3 Å².